The predicted molar refractivity (Wildman–Crippen MR) is 101 cm³/mol. The summed E-state index contributed by atoms with van der Waals surface area (Å²) in [4.78, 5) is 12.8. The van der Waals surface area contributed by atoms with E-state index >= 15 is 0 Å². The van der Waals surface area contributed by atoms with Gasteiger partial charge < -0.3 is 5.32 Å². The number of nitrogens with one attached hydrogen (secondary N) is 1. The van der Waals surface area contributed by atoms with Crippen LogP contribution in [0.25, 0.3) is 0 Å². The average molecular weight is 410 g/mol. The van der Waals surface area contributed by atoms with Gasteiger partial charge in [-0.3, -0.25) is 4.79 Å². The van der Waals surface area contributed by atoms with Gasteiger partial charge in [0.15, 0.2) is 0 Å². The number of nitrogens with zero attached hydrogens (tertiary/aromatic N) is 2. The van der Waals surface area contributed by atoms with Gasteiger partial charge >= 0.3 is 0 Å². The van der Waals surface area contributed by atoms with Crippen LogP contribution in [0.15, 0.2) is 40.6 Å². The summed E-state index contributed by atoms with van der Waals surface area (Å²) >= 11 is 6.84. The number of carbonyl (C=O) groups is 1. The van der Waals surface area contributed by atoms with Crippen LogP contribution in [0, 0.1) is 11.3 Å². The summed E-state index contributed by atoms with van der Waals surface area (Å²) in [5.41, 5.74) is 0.707. The number of benzene rings is 1. The molecule has 9 heteroatoms. The molecule has 2 heterocycles. The first-order chi connectivity index (χ1) is 12.4. The summed E-state index contributed by atoms with van der Waals surface area (Å²) in [5, 5.41) is 11.9. The molecule has 1 N–H and O–H groups in total. The van der Waals surface area contributed by atoms with Gasteiger partial charge in [-0.2, -0.15) is 9.57 Å². The molecule has 1 aromatic heterocycles. The molecule has 1 fully saturated rings. The number of nitriles is 1. The van der Waals surface area contributed by atoms with E-state index in [-0.39, 0.29) is 10.8 Å². The van der Waals surface area contributed by atoms with Crippen LogP contribution >= 0.6 is 22.9 Å². The van der Waals surface area contributed by atoms with E-state index in [9.17, 15) is 13.2 Å². The molecule has 6 nitrogen and oxygen atoms in total. The van der Waals surface area contributed by atoms with Crippen molar-refractivity contribution in [1.82, 2.24) is 4.31 Å². The van der Waals surface area contributed by atoms with Crippen molar-refractivity contribution in [3.05, 3.63) is 46.3 Å². The number of halogens is 1. The van der Waals surface area contributed by atoms with E-state index in [4.69, 9.17) is 16.9 Å². The lowest BCUT2D eigenvalue weighted by Crippen LogP contribution is -2.49. The Morgan fingerprint density at radius 3 is 2.73 bits per heavy atom. The first-order valence-electron chi connectivity index (χ1n) is 8.00. The Labute approximate surface area is 161 Å². The second kappa shape index (κ2) is 7.76. The SMILES string of the molecule is N#Cc1ccccc1NC(=O)C1CCCCN1S(=O)(=O)c1ccc(Cl)s1. The minimum Gasteiger partial charge on any atom is -0.323 e. The predicted octanol–water partition coefficient (Wildman–Crippen LogP) is 3.46. The van der Waals surface area contributed by atoms with E-state index in [0.717, 1.165) is 17.8 Å². The van der Waals surface area contributed by atoms with Crippen LogP contribution in [0.3, 0.4) is 0 Å². The van der Waals surface area contributed by atoms with Gasteiger partial charge in [0.05, 0.1) is 15.6 Å². The van der Waals surface area contributed by atoms with Crippen LogP contribution in [0.4, 0.5) is 5.69 Å². The first-order valence-corrected chi connectivity index (χ1v) is 10.6. The van der Waals surface area contributed by atoms with Gasteiger partial charge in [-0.1, -0.05) is 30.2 Å². The molecular formula is C17H16ClN3O3S2. The molecule has 2 aromatic rings. The maximum atomic E-state index is 12.9. The van der Waals surface area contributed by atoms with Crippen molar-refractivity contribution >= 4 is 44.6 Å². The highest BCUT2D eigenvalue weighted by atomic mass is 35.5. The molecule has 0 spiro atoms. The number of amides is 1. The quantitative estimate of drug-likeness (QED) is 0.837. The van der Waals surface area contributed by atoms with Crippen molar-refractivity contribution in [2.75, 3.05) is 11.9 Å². The number of rotatable bonds is 4. The molecule has 1 atom stereocenters. The number of hydrogen-bond donors (Lipinski definition) is 1. The maximum Gasteiger partial charge on any atom is 0.253 e. The van der Waals surface area contributed by atoms with Crippen molar-refractivity contribution in [3.63, 3.8) is 0 Å². The monoisotopic (exact) mass is 409 g/mol. The summed E-state index contributed by atoms with van der Waals surface area (Å²) in [6, 6.07) is 10.8. The third kappa shape index (κ3) is 3.76. The van der Waals surface area contributed by atoms with Crippen molar-refractivity contribution < 1.29 is 13.2 Å². The summed E-state index contributed by atoms with van der Waals surface area (Å²) in [6.07, 6.45) is 1.88. The van der Waals surface area contributed by atoms with Gasteiger partial charge in [-0.05, 0) is 37.1 Å². The van der Waals surface area contributed by atoms with E-state index in [1.807, 2.05) is 6.07 Å². The van der Waals surface area contributed by atoms with Crippen molar-refractivity contribution in [3.8, 4) is 6.07 Å². The van der Waals surface area contributed by atoms with Crippen molar-refractivity contribution in [1.29, 1.82) is 5.26 Å². The first kappa shape index (κ1) is 18.9. The van der Waals surface area contributed by atoms with Crippen molar-refractivity contribution in [2.45, 2.75) is 29.5 Å². The van der Waals surface area contributed by atoms with Crippen LogP contribution in [0.5, 0.6) is 0 Å². The van der Waals surface area contributed by atoms with E-state index in [0.29, 0.717) is 28.4 Å². The number of anilines is 1. The molecule has 1 aliphatic rings. The highest BCUT2D eigenvalue weighted by molar-refractivity contribution is 7.91. The largest absolute Gasteiger partial charge is 0.323 e. The normalized spacial score (nSPS) is 18.2. The highest BCUT2D eigenvalue weighted by Gasteiger charge is 2.38. The molecular weight excluding hydrogens is 394 g/mol. The Morgan fingerprint density at radius 2 is 2.04 bits per heavy atom. The van der Waals surface area contributed by atoms with Gasteiger partial charge in [0.1, 0.15) is 16.3 Å². The van der Waals surface area contributed by atoms with Crippen LogP contribution in [-0.4, -0.2) is 31.2 Å². The van der Waals surface area contributed by atoms with E-state index in [1.54, 1.807) is 24.3 Å². The molecule has 1 aliphatic heterocycles. The van der Waals surface area contributed by atoms with Crippen LogP contribution < -0.4 is 5.32 Å². The summed E-state index contributed by atoms with van der Waals surface area (Å²) in [7, 11) is -3.80. The fourth-order valence-corrected chi connectivity index (χ4v) is 6.18. The van der Waals surface area contributed by atoms with Gasteiger partial charge in [0.2, 0.25) is 5.91 Å². The number of piperidine rings is 1. The second-order valence-corrected chi connectivity index (χ2v) is 9.66. The molecule has 3 rings (SSSR count). The second-order valence-electron chi connectivity index (χ2n) is 5.83. The Bertz CT molecular complexity index is 966. The van der Waals surface area contributed by atoms with Gasteiger partial charge in [0, 0.05) is 6.54 Å². The van der Waals surface area contributed by atoms with Crippen LogP contribution in [0.1, 0.15) is 24.8 Å². The topological polar surface area (TPSA) is 90.3 Å². The van der Waals surface area contributed by atoms with Gasteiger partial charge in [-0.15, -0.1) is 11.3 Å². The summed E-state index contributed by atoms with van der Waals surface area (Å²) < 4.78 is 27.6. The van der Waals surface area contributed by atoms with Gasteiger partial charge in [0.25, 0.3) is 10.0 Å². The zero-order chi connectivity index (χ0) is 18.7. The lowest BCUT2D eigenvalue weighted by molar-refractivity contribution is -0.120. The Hall–Kier alpha value is -1.92. The zero-order valence-corrected chi connectivity index (χ0v) is 16.1. The molecule has 1 unspecified atom stereocenters. The number of thiophene rings is 1. The summed E-state index contributed by atoms with van der Waals surface area (Å²) in [5.74, 6) is -0.432. The highest BCUT2D eigenvalue weighted by Crippen LogP contribution is 2.32. The smallest absolute Gasteiger partial charge is 0.253 e. The van der Waals surface area contributed by atoms with Crippen molar-refractivity contribution in [2.24, 2.45) is 0 Å². The standard InChI is InChI=1S/C17H16ClN3O3S2/c18-15-8-9-16(25-15)26(23,24)21-10-4-3-7-14(21)17(22)20-13-6-2-1-5-12(13)11-19/h1-2,5-6,8-9,14H,3-4,7,10H2,(H,20,22). The summed E-state index contributed by atoms with van der Waals surface area (Å²) in [6.45, 7) is 0.274. The molecule has 0 saturated carbocycles. The number of hydrogen-bond acceptors (Lipinski definition) is 5. The molecule has 1 saturated heterocycles. The van der Waals surface area contributed by atoms with Gasteiger partial charge in [-0.25, -0.2) is 8.42 Å². The molecule has 136 valence electrons. The van der Waals surface area contributed by atoms with Crippen LogP contribution in [-0.2, 0) is 14.8 Å². The van der Waals surface area contributed by atoms with E-state index in [2.05, 4.69) is 5.32 Å². The van der Waals surface area contributed by atoms with Crippen LogP contribution in [0.2, 0.25) is 4.34 Å². The average Bonchev–Trinajstić information content (AvgIpc) is 3.09. The Morgan fingerprint density at radius 1 is 1.27 bits per heavy atom. The third-order valence-corrected chi connectivity index (χ3v) is 7.78. The molecule has 1 aromatic carbocycles. The maximum absolute atomic E-state index is 12.9. The minimum absolute atomic E-state index is 0.125. The van der Waals surface area contributed by atoms with E-state index < -0.39 is 22.0 Å². The minimum atomic E-state index is -3.80. The molecule has 26 heavy (non-hydrogen) atoms. The Kier molecular flexibility index (Phi) is 5.63. The molecule has 0 aliphatic carbocycles. The zero-order valence-electron chi connectivity index (χ0n) is 13.7. The lowest BCUT2D eigenvalue weighted by atomic mass is 10.0. The molecule has 0 radical (unpaired) electrons. The fraction of sp³-hybridized carbons (Fsp3) is 0.294. The fourth-order valence-electron chi connectivity index (χ4n) is 2.91. The van der Waals surface area contributed by atoms with E-state index in [1.165, 1.54) is 16.4 Å². The Balaban J connectivity index is 1.87. The number of carbonyl (C=O) groups excluding carboxylic acids is 1. The third-order valence-electron chi connectivity index (χ3n) is 4.17. The lowest BCUT2D eigenvalue weighted by Gasteiger charge is -2.33. The molecule has 0 bridgehead atoms. The molecule has 1 amide bonds. The number of para-hydroxylation sites is 1. The number of sulfonamides is 1.